The number of aliphatic hydroxyl groups is 2. The molecule has 0 fully saturated rings. The summed E-state index contributed by atoms with van der Waals surface area (Å²) in [5.74, 6) is -0.532. The van der Waals surface area contributed by atoms with Gasteiger partial charge in [-0.2, -0.15) is 0 Å². The molecule has 0 aromatic heterocycles. The molecule has 0 heterocycles. The quantitative estimate of drug-likeness (QED) is 0.0394. The number of benzene rings is 3. The summed E-state index contributed by atoms with van der Waals surface area (Å²) in [7, 11) is 0. The second-order valence-electron chi connectivity index (χ2n) is 16.6. The van der Waals surface area contributed by atoms with Crippen LogP contribution in [-0.4, -0.2) is 67.8 Å². The van der Waals surface area contributed by atoms with Crippen LogP contribution in [0.2, 0.25) is 0 Å². The molecule has 0 aliphatic carbocycles. The van der Waals surface area contributed by atoms with Crippen molar-refractivity contribution in [3.8, 4) is 28.0 Å². The maximum absolute atomic E-state index is 12.2. The highest BCUT2D eigenvalue weighted by molar-refractivity contribution is 5.87. The van der Waals surface area contributed by atoms with E-state index in [1.165, 1.54) is 5.56 Å². The van der Waals surface area contributed by atoms with Gasteiger partial charge in [-0.25, -0.2) is 14.4 Å². The minimum Gasteiger partial charge on any atom is -0.493 e. The third-order valence-corrected chi connectivity index (χ3v) is 10.9. The summed E-state index contributed by atoms with van der Waals surface area (Å²) in [6.45, 7) is 24.7. The molecular formula is C50H66O9. The molecule has 9 heteroatoms. The van der Waals surface area contributed by atoms with E-state index in [9.17, 15) is 24.6 Å². The summed E-state index contributed by atoms with van der Waals surface area (Å²) in [5, 5.41) is 20.9. The molecule has 59 heavy (non-hydrogen) atoms. The van der Waals surface area contributed by atoms with Crippen molar-refractivity contribution in [2.45, 2.75) is 99.8 Å². The van der Waals surface area contributed by atoms with E-state index >= 15 is 0 Å². The van der Waals surface area contributed by atoms with E-state index in [2.05, 4.69) is 81.3 Å². The van der Waals surface area contributed by atoms with Crippen LogP contribution in [0, 0.1) is 10.8 Å². The van der Waals surface area contributed by atoms with Gasteiger partial charge in [0.05, 0.1) is 39.6 Å². The van der Waals surface area contributed by atoms with Gasteiger partial charge in [0.25, 0.3) is 0 Å². The lowest BCUT2D eigenvalue weighted by Crippen LogP contribution is -2.43. The van der Waals surface area contributed by atoms with Crippen LogP contribution in [0.15, 0.2) is 91.1 Å². The zero-order valence-corrected chi connectivity index (χ0v) is 36.5. The van der Waals surface area contributed by atoms with Crippen molar-refractivity contribution in [3.05, 3.63) is 113 Å². The zero-order chi connectivity index (χ0) is 43.8. The third-order valence-electron chi connectivity index (χ3n) is 10.9. The summed E-state index contributed by atoms with van der Waals surface area (Å²) >= 11 is 0. The highest BCUT2D eigenvalue weighted by Crippen LogP contribution is 2.42. The van der Waals surface area contributed by atoms with Crippen molar-refractivity contribution in [2.24, 2.45) is 10.8 Å². The van der Waals surface area contributed by atoms with Crippen LogP contribution in [-0.2, 0) is 54.3 Å². The van der Waals surface area contributed by atoms with Crippen molar-refractivity contribution in [2.75, 3.05) is 39.6 Å². The molecule has 3 aromatic rings. The average Bonchev–Trinajstić information content (AvgIpc) is 3.20. The standard InChI is InChI=1S/C50H66O9/c1-11-38-29-40(39-20-18-37(19-21-39)15-12-25-57-46(53)34(2)3)22-23-44(38)43-30-41(16-13-26-58-47(54)35(4)5)45(42(31-43)17-14-27-59-48(55)36(6)7)56-28-24-50(32-51,33-52)49(8,9)10/h18-23,29-31,51-52H,2,4,6,11-17,24-28,32-33H2,1,3,5,7-10H3. The van der Waals surface area contributed by atoms with Crippen LogP contribution < -0.4 is 4.74 Å². The van der Waals surface area contributed by atoms with E-state index in [1.807, 2.05) is 20.8 Å². The van der Waals surface area contributed by atoms with Crippen molar-refractivity contribution >= 4 is 17.9 Å². The molecule has 0 unspecified atom stereocenters. The van der Waals surface area contributed by atoms with Crippen LogP contribution >= 0.6 is 0 Å². The molecule has 0 saturated carbocycles. The van der Waals surface area contributed by atoms with E-state index in [4.69, 9.17) is 18.9 Å². The van der Waals surface area contributed by atoms with Gasteiger partial charge in [0.15, 0.2) is 0 Å². The fourth-order valence-electron chi connectivity index (χ4n) is 6.75. The summed E-state index contributed by atoms with van der Waals surface area (Å²) in [6, 6.07) is 19.3. The first-order valence-corrected chi connectivity index (χ1v) is 20.7. The molecule has 3 aromatic carbocycles. The Balaban J connectivity index is 2.02. The molecule has 0 aliphatic rings. The number of carbonyl (C=O) groups excluding carboxylic acids is 3. The second kappa shape index (κ2) is 23.0. The Morgan fingerprint density at radius 3 is 1.46 bits per heavy atom. The van der Waals surface area contributed by atoms with Gasteiger partial charge in [0.2, 0.25) is 0 Å². The fourth-order valence-corrected chi connectivity index (χ4v) is 6.75. The van der Waals surface area contributed by atoms with Gasteiger partial charge in [-0.1, -0.05) is 89.9 Å². The second-order valence-corrected chi connectivity index (χ2v) is 16.6. The van der Waals surface area contributed by atoms with Gasteiger partial charge in [-0.15, -0.1) is 0 Å². The van der Waals surface area contributed by atoms with Crippen LogP contribution in [0.1, 0.15) is 96.4 Å². The molecule has 0 radical (unpaired) electrons. The van der Waals surface area contributed by atoms with E-state index in [-0.39, 0.29) is 44.4 Å². The van der Waals surface area contributed by atoms with Gasteiger partial charge in [-0.3, -0.25) is 0 Å². The van der Waals surface area contributed by atoms with Gasteiger partial charge < -0.3 is 29.2 Å². The number of carbonyl (C=O) groups is 3. The number of ether oxygens (including phenoxy) is 4. The molecule has 0 aliphatic heterocycles. The molecule has 0 spiro atoms. The first kappa shape index (κ1) is 48.4. The van der Waals surface area contributed by atoms with Gasteiger partial charge in [0.1, 0.15) is 5.75 Å². The Kier molecular flexibility index (Phi) is 18.8. The van der Waals surface area contributed by atoms with Crippen LogP contribution in [0.25, 0.3) is 22.3 Å². The van der Waals surface area contributed by atoms with Crippen LogP contribution in [0.5, 0.6) is 5.75 Å². The number of aliphatic hydroxyl groups excluding tert-OH is 2. The molecule has 0 saturated heterocycles. The highest BCUT2D eigenvalue weighted by Gasteiger charge is 2.41. The Labute approximate surface area is 352 Å². The lowest BCUT2D eigenvalue weighted by atomic mass is 9.65. The first-order chi connectivity index (χ1) is 28.0. The van der Waals surface area contributed by atoms with Crippen LogP contribution in [0.4, 0.5) is 0 Å². The van der Waals surface area contributed by atoms with E-state index in [0.717, 1.165) is 58.2 Å². The normalized spacial score (nSPS) is 11.5. The SMILES string of the molecule is C=C(C)C(=O)OCCCc1ccc(-c2ccc(-c3cc(CCCOC(=O)C(=C)C)c(OCCC(CO)(CO)C(C)(C)C)c(CCCOC(=O)C(=C)C)c3)c(CC)c2)cc1. The largest absolute Gasteiger partial charge is 0.493 e. The van der Waals surface area contributed by atoms with E-state index in [1.54, 1.807) is 20.8 Å². The lowest BCUT2D eigenvalue weighted by molar-refractivity contribution is -0.139. The van der Waals surface area contributed by atoms with Crippen LogP contribution in [0.3, 0.4) is 0 Å². The highest BCUT2D eigenvalue weighted by atomic mass is 16.5. The Morgan fingerprint density at radius 2 is 1.03 bits per heavy atom. The summed E-state index contributed by atoms with van der Waals surface area (Å²) < 4.78 is 22.8. The number of aryl methyl sites for hydroxylation is 4. The summed E-state index contributed by atoms with van der Waals surface area (Å²) in [6.07, 6.45) is 4.92. The Bertz CT molecular complexity index is 1870. The number of esters is 3. The molecule has 2 N–H and O–H groups in total. The molecule has 3 rings (SSSR count). The van der Waals surface area contributed by atoms with E-state index < -0.39 is 17.4 Å². The smallest absolute Gasteiger partial charge is 0.333 e. The monoisotopic (exact) mass is 810 g/mol. The topological polar surface area (TPSA) is 129 Å². The number of hydrogen-bond donors (Lipinski definition) is 2. The average molecular weight is 811 g/mol. The maximum atomic E-state index is 12.2. The molecule has 9 nitrogen and oxygen atoms in total. The van der Waals surface area contributed by atoms with Crippen molar-refractivity contribution in [1.29, 1.82) is 0 Å². The van der Waals surface area contributed by atoms with E-state index in [0.29, 0.717) is 61.2 Å². The maximum Gasteiger partial charge on any atom is 0.333 e. The van der Waals surface area contributed by atoms with Gasteiger partial charge in [-0.05, 0) is 134 Å². The van der Waals surface area contributed by atoms with Gasteiger partial charge >= 0.3 is 17.9 Å². The van der Waals surface area contributed by atoms with Crippen molar-refractivity contribution in [1.82, 2.24) is 0 Å². The third kappa shape index (κ3) is 14.1. The summed E-state index contributed by atoms with van der Waals surface area (Å²) in [4.78, 5) is 36.1. The molecule has 0 bridgehead atoms. The number of hydrogen-bond acceptors (Lipinski definition) is 9. The van der Waals surface area contributed by atoms with Gasteiger partial charge in [0, 0.05) is 22.1 Å². The predicted octanol–water partition coefficient (Wildman–Crippen LogP) is 9.52. The summed E-state index contributed by atoms with van der Waals surface area (Å²) in [5.41, 5.74) is 8.43. The molecule has 0 amide bonds. The molecular weight excluding hydrogens is 745 g/mol. The molecule has 0 atom stereocenters. The lowest BCUT2D eigenvalue weighted by Gasteiger charge is -2.42. The fraction of sp³-hybridized carbons (Fsp3) is 0.460. The minimum absolute atomic E-state index is 0.189. The van der Waals surface area contributed by atoms with Crippen molar-refractivity contribution < 1.29 is 43.5 Å². The zero-order valence-electron chi connectivity index (χ0n) is 36.5. The minimum atomic E-state index is -0.764. The van der Waals surface area contributed by atoms with Crippen molar-refractivity contribution in [3.63, 3.8) is 0 Å². The predicted molar refractivity (Wildman–Crippen MR) is 235 cm³/mol. The molecule has 320 valence electrons. The Hall–Kier alpha value is -4.99. The Morgan fingerprint density at radius 1 is 0.593 bits per heavy atom. The number of rotatable bonds is 24. The first-order valence-electron chi connectivity index (χ1n) is 20.7.